The van der Waals surface area contributed by atoms with Gasteiger partial charge in [0.15, 0.2) is 5.11 Å². The van der Waals surface area contributed by atoms with Gasteiger partial charge in [-0.25, -0.2) is 4.98 Å². The minimum absolute atomic E-state index is 0.637. The summed E-state index contributed by atoms with van der Waals surface area (Å²) < 4.78 is 0. The fraction of sp³-hybridized carbons (Fsp3) is 0.238. The molecule has 0 amide bonds. The number of thiocarbonyl (C=S) groups is 1. The van der Waals surface area contributed by atoms with E-state index in [0.29, 0.717) is 5.11 Å². The molecule has 4 rings (SSSR count). The molecule has 0 unspecified atom stereocenters. The van der Waals surface area contributed by atoms with Gasteiger partial charge < -0.3 is 16.0 Å². The fourth-order valence-electron chi connectivity index (χ4n) is 3.31. The van der Waals surface area contributed by atoms with Crippen LogP contribution in [0.1, 0.15) is 17.7 Å². The fourth-order valence-corrected chi connectivity index (χ4v) is 3.53. The molecule has 3 N–H and O–H groups in total. The lowest BCUT2D eigenvalue weighted by molar-refractivity contribution is 0.798. The first-order valence-corrected chi connectivity index (χ1v) is 9.46. The zero-order valence-corrected chi connectivity index (χ0v) is 15.4. The molecule has 0 aliphatic carbocycles. The first-order valence-electron chi connectivity index (χ1n) is 9.05. The number of benzene rings is 2. The maximum absolute atomic E-state index is 5.46. The summed E-state index contributed by atoms with van der Waals surface area (Å²) in [6.07, 6.45) is 3.14. The third-order valence-corrected chi connectivity index (χ3v) is 4.90. The van der Waals surface area contributed by atoms with Crippen LogP contribution in [-0.4, -0.2) is 23.2 Å². The number of aromatic nitrogens is 1. The monoisotopic (exact) mass is 362 g/mol. The quantitative estimate of drug-likeness (QED) is 0.610. The van der Waals surface area contributed by atoms with E-state index >= 15 is 0 Å². The summed E-state index contributed by atoms with van der Waals surface area (Å²) in [7, 11) is 0. The van der Waals surface area contributed by atoms with E-state index in [9.17, 15) is 0 Å². The molecule has 0 fully saturated rings. The number of hydrogen-bond acceptors (Lipinski definition) is 3. The number of aryl methyl sites for hydroxylation is 1. The maximum atomic E-state index is 5.46. The molecule has 2 aromatic carbocycles. The molecule has 0 saturated heterocycles. The van der Waals surface area contributed by atoms with Gasteiger partial charge in [-0.05, 0) is 48.1 Å². The van der Waals surface area contributed by atoms with Crippen molar-refractivity contribution in [2.24, 2.45) is 0 Å². The summed E-state index contributed by atoms with van der Waals surface area (Å²) in [5.74, 6) is 1.05. The van der Waals surface area contributed by atoms with Crippen molar-refractivity contribution in [3.63, 3.8) is 0 Å². The first-order chi connectivity index (χ1) is 12.8. The Bertz CT molecular complexity index is 933. The molecule has 0 saturated carbocycles. The minimum atomic E-state index is 0.637. The largest absolute Gasteiger partial charge is 0.370 e. The zero-order valence-electron chi connectivity index (χ0n) is 14.6. The third-order valence-electron chi connectivity index (χ3n) is 4.66. The van der Waals surface area contributed by atoms with E-state index in [-0.39, 0.29) is 0 Å². The Morgan fingerprint density at radius 1 is 1.08 bits per heavy atom. The second kappa shape index (κ2) is 7.70. The second-order valence-corrected chi connectivity index (χ2v) is 6.91. The van der Waals surface area contributed by atoms with Crippen molar-refractivity contribution >= 4 is 39.6 Å². The average molecular weight is 363 g/mol. The summed E-state index contributed by atoms with van der Waals surface area (Å²) >= 11 is 5.46. The molecule has 0 radical (unpaired) electrons. The Balaban J connectivity index is 1.34. The molecule has 3 aromatic rings. The van der Waals surface area contributed by atoms with Gasteiger partial charge in [0.05, 0.1) is 0 Å². The molecule has 4 nitrogen and oxygen atoms in total. The van der Waals surface area contributed by atoms with Crippen molar-refractivity contribution in [2.45, 2.75) is 19.3 Å². The lowest BCUT2D eigenvalue weighted by Gasteiger charge is -2.17. The van der Waals surface area contributed by atoms with Gasteiger partial charge in [0.1, 0.15) is 5.82 Å². The van der Waals surface area contributed by atoms with Crippen LogP contribution in [-0.2, 0) is 12.8 Å². The molecule has 1 aromatic heterocycles. The smallest absolute Gasteiger partial charge is 0.170 e. The van der Waals surface area contributed by atoms with Crippen LogP contribution in [0.25, 0.3) is 10.8 Å². The summed E-state index contributed by atoms with van der Waals surface area (Å²) in [6.45, 7) is 1.77. The van der Waals surface area contributed by atoms with Gasteiger partial charge in [0, 0.05) is 36.3 Å². The molecule has 0 bridgehead atoms. The molecule has 2 heterocycles. The van der Waals surface area contributed by atoms with Gasteiger partial charge in [0.2, 0.25) is 0 Å². The van der Waals surface area contributed by atoms with E-state index in [2.05, 4.69) is 46.3 Å². The van der Waals surface area contributed by atoms with Crippen LogP contribution in [0.4, 0.5) is 11.5 Å². The normalized spacial score (nSPS) is 12.9. The first kappa shape index (κ1) is 16.8. The molecular weight excluding hydrogens is 340 g/mol. The van der Waals surface area contributed by atoms with Gasteiger partial charge >= 0.3 is 0 Å². The average Bonchev–Trinajstić information content (AvgIpc) is 2.68. The molecule has 0 spiro atoms. The highest BCUT2D eigenvalue weighted by atomic mass is 32.1. The highest BCUT2D eigenvalue weighted by molar-refractivity contribution is 7.80. The van der Waals surface area contributed by atoms with E-state index in [1.165, 1.54) is 22.8 Å². The topological polar surface area (TPSA) is 49.0 Å². The number of anilines is 2. The van der Waals surface area contributed by atoms with Crippen LogP contribution in [0.2, 0.25) is 0 Å². The predicted molar refractivity (Wildman–Crippen MR) is 113 cm³/mol. The Labute approximate surface area is 159 Å². The highest BCUT2D eigenvalue weighted by Gasteiger charge is 2.10. The van der Waals surface area contributed by atoms with E-state index < -0.39 is 0 Å². The molecule has 0 atom stereocenters. The van der Waals surface area contributed by atoms with Gasteiger partial charge in [-0.15, -0.1) is 0 Å². The van der Waals surface area contributed by atoms with E-state index in [1.807, 2.05) is 24.3 Å². The van der Waals surface area contributed by atoms with Crippen LogP contribution in [0.3, 0.4) is 0 Å². The van der Waals surface area contributed by atoms with Crippen molar-refractivity contribution in [1.82, 2.24) is 10.3 Å². The minimum Gasteiger partial charge on any atom is -0.370 e. The van der Waals surface area contributed by atoms with Crippen LogP contribution in [0.5, 0.6) is 0 Å². The lowest BCUT2D eigenvalue weighted by Crippen LogP contribution is -2.30. The number of nitrogens with one attached hydrogen (secondary N) is 3. The Morgan fingerprint density at radius 3 is 2.92 bits per heavy atom. The standard InChI is InChI=1S/C21H22N4S/c26-21(25-19-9-3-6-15-5-1-2-8-18(15)19)23-14-12-17-11-10-16-7-4-13-22-20(16)24-17/h1-3,5-6,8-11H,4,7,12-14H2,(H,22,24)(H2,23,25,26). The lowest BCUT2D eigenvalue weighted by atomic mass is 10.1. The van der Waals surface area contributed by atoms with Crippen LogP contribution in [0.15, 0.2) is 54.6 Å². The Morgan fingerprint density at radius 2 is 1.96 bits per heavy atom. The molecule has 132 valence electrons. The van der Waals surface area contributed by atoms with Gasteiger partial charge in [-0.2, -0.15) is 0 Å². The number of rotatable bonds is 4. The van der Waals surface area contributed by atoms with Crippen LogP contribution in [0, 0.1) is 0 Å². The van der Waals surface area contributed by atoms with E-state index in [4.69, 9.17) is 17.2 Å². The molecule has 1 aliphatic heterocycles. The second-order valence-electron chi connectivity index (χ2n) is 6.50. The van der Waals surface area contributed by atoms with Crippen LogP contribution < -0.4 is 16.0 Å². The number of nitrogens with zero attached hydrogens (tertiary/aromatic N) is 1. The van der Waals surface area contributed by atoms with Crippen molar-refractivity contribution < 1.29 is 0 Å². The predicted octanol–water partition coefficient (Wildman–Crippen LogP) is 4.12. The highest BCUT2D eigenvalue weighted by Crippen LogP contribution is 2.23. The summed E-state index contributed by atoms with van der Waals surface area (Å²) in [5, 5.41) is 13.0. The molecular formula is C21H22N4S. The van der Waals surface area contributed by atoms with Crippen molar-refractivity contribution in [1.29, 1.82) is 0 Å². The third kappa shape index (κ3) is 3.78. The summed E-state index contributed by atoms with van der Waals surface area (Å²) in [4.78, 5) is 4.72. The van der Waals surface area contributed by atoms with Gasteiger partial charge in [-0.1, -0.05) is 42.5 Å². The number of hydrogen-bond donors (Lipinski definition) is 3. The molecule has 1 aliphatic rings. The SMILES string of the molecule is S=C(NCCc1ccc2c(n1)NCCC2)Nc1cccc2ccccc12. The van der Waals surface area contributed by atoms with Crippen molar-refractivity contribution in [3.8, 4) is 0 Å². The van der Waals surface area contributed by atoms with Crippen molar-refractivity contribution in [2.75, 3.05) is 23.7 Å². The van der Waals surface area contributed by atoms with Crippen LogP contribution >= 0.6 is 12.2 Å². The van der Waals surface area contributed by atoms with Crippen molar-refractivity contribution in [3.05, 3.63) is 65.9 Å². The van der Waals surface area contributed by atoms with E-state index in [0.717, 1.165) is 43.1 Å². The Kier molecular flexibility index (Phi) is 4.97. The van der Waals surface area contributed by atoms with E-state index in [1.54, 1.807) is 0 Å². The zero-order chi connectivity index (χ0) is 17.8. The number of pyridine rings is 1. The Hall–Kier alpha value is -2.66. The summed E-state index contributed by atoms with van der Waals surface area (Å²) in [5.41, 5.74) is 3.43. The molecule has 5 heteroatoms. The number of fused-ring (bicyclic) bond motifs is 2. The molecule has 26 heavy (non-hydrogen) atoms. The van der Waals surface area contributed by atoms with Gasteiger partial charge in [0.25, 0.3) is 0 Å². The maximum Gasteiger partial charge on any atom is 0.170 e. The summed E-state index contributed by atoms with van der Waals surface area (Å²) in [6, 6.07) is 18.8. The van der Waals surface area contributed by atoms with Gasteiger partial charge in [-0.3, -0.25) is 0 Å².